The molecule has 0 radical (unpaired) electrons. The topological polar surface area (TPSA) is 58.9 Å². The Labute approximate surface area is 131 Å². The number of alkyl halides is 3. The zero-order valence-electron chi connectivity index (χ0n) is 12.9. The van der Waals surface area contributed by atoms with Gasteiger partial charge in [-0.15, -0.1) is 0 Å². The fourth-order valence-electron chi connectivity index (χ4n) is 2.58. The van der Waals surface area contributed by atoms with E-state index in [1.54, 1.807) is 29.7 Å². The van der Waals surface area contributed by atoms with Gasteiger partial charge in [-0.25, -0.2) is 9.97 Å². The van der Waals surface area contributed by atoms with Gasteiger partial charge in [0.15, 0.2) is 5.69 Å². The van der Waals surface area contributed by atoms with Crippen LogP contribution in [0.5, 0.6) is 0 Å². The molecule has 0 bridgehead atoms. The van der Waals surface area contributed by atoms with Crippen molar-refractivity contribution >= 4 is 5.95 Å². The summed E-state index contributed by atoms with van der Waals surface area (Å²) in [5.74, 6) is 0.111. The van der Waals surface area contributed by atoms with Crippen LogP contribution in [0.1, 0.15) is 11.4 Å². The summed E-state index contributed by atoms with van der Waals surface area (Å²) in [5.41, 5.74) is 0.521. The van der Waals surface area contributed by atoms with E-state index >= 15 is 0 Å². The molecule has 0 unspecified atom stereocenters. The first-order valence-electron chi connectivity index (χ1n) is 7.27. The number of halogens is 3. The molecular formula is C14H17F3N6. The number of hydrogen-bond donors (Lipinski definition) is 1. The maximum absolute atomic E-state index is 13.2. The van der Waals surface area contributed by atoms with Crippen molar-refractivity contribution in [3.05, 3.63) is 23.7 Å². The molecule has 3 heterocycles. The Morgan fingerprint density at radius 3 is 2.43 bits per heavy atom. The van der Waals surface area contributed by atoms with E-state index < -0.39 is 11.9 Å². The molecule has 0 aromatic carbocycles. The van der Waals surface area contributed by atoms with Gasteiger partial charge >= 0.3 is 6.18 Å². The van der Waals surface area contributed by atoms with Crippen molar-refractivity contribution in [2.24, 2.45) is 7.05 Å². The molecule has 1 N–H and O–H groups in total. The molecule has 1 saturated heterocycles. The fraction of sp³-hybridized carbons (Fsp3) is 0.500. The summed E-state index contributed by atoms with van der Waals surface area (Å²) in [6, 6.07) is 0.982. The predicted molar refractivity (Wildman–Crippen MR) is 79.1 cm³/mol. The summed E-state index contributed by atoms with van der Waals surface area (Å²) < 4.78 is 41.1. The molecule has 0 spiro atoms. The average Bonchev–Trinajstić information content (AvgIpc) is 2.85. The number of hydrogen-bond acceptors (Lipinski definition) is 5. The van der Waals surface area contributed by atoms with Gasteiger partial charge in [-0.2, -0.15) is 18.3 Å². The minimum atomic E-state index is -4.52. The lowest BCUT2D eigenvalue weighted by Crippen LogP contribution is -2.44. The van der Waals surface area contributed by atoms with Crippen molar-refractivity contribution < 1.29 is 13.2 Å². The highest BCUT2D eigenvalue weighted by Crippen LogP contribution is 2.32. The third-order valence-corrected chi connectivity index (χ3v) is 3.69. The second-order valence-corrected chi connectivity index (χ2v) is 5.48. The molecule has 0 atom stereocenters. The highest BCUT2D eigenvalue weighted by Gasteiger charge is 2.34. The third-order valence-electron chi connectivity index (χ3n) is 3.69. The number of nitrogens with one attached hydrogen (secondary N) is 1. The van der Waals surface area contributed by atoms with Crippen LogP contribution in [0, 0.1) is 6.92 Å². The zero-order valence-corrected chi connectivity index (χ0v) is 12.9. The Morgan fingerprint density at radius 2 is 1.87 bits per heavy atom. The van der Waals surface area contributed by atoms with Crippen LogP contribution in [0.4, 0.5) is 19.1 Å². The van der Waals surface area contributed by atoms with E-state index in [0.29, 0.717) is 37.4 Å². The molecule has 0 aliphatic carbocycles. The van der Waals surface area contributed by atoms with Crippen LogP contribution in [0.2, 0.25) is 0 Å². The van der Waals surface area contributed by atoms with E-state index in [1.165, 1.54) is 0 Å². The summed E-state index contributed by atoms with van der Waals surface area (Å²) in [7, 11) is 1.72. The first kappa shape index (κ1) is 15.7. The molecule has 0 saturated carbocycles. The lowest BCUT2D eigenvalue weighted by molar-refractivity contribution is -0.141. The molecule has 23 heavy (non-hydrogen) atoms. The Morgan fingerprint density at radius 1 is 1.17 bits per heavy atom. The highest BCUT2D eigenvalue weighted by atomic mass is 19.4. The number of nitrogens with zero attached hydrogens (tertiary/aromatic N) is 5. The number of rotatable bonds is 2. The number of piperazine rings is 1. The van der Waals surface area contributed by atoms with Crippen LogP contribution in [0.25, 0.3) is 11.3 Å². The van der Waals surface area contributed by atoms with Crippen LogP contribution < -0.4 is 10.2 Å². The summed E-state index contributed by atoms with van der Waals surface area (Å²) in [5, 5.41) is 7.33. The van der Waals surface area contributed by atoms with E-state index in [4.69, 9.17) is 0 Å². The molecule has 1 aliphatic heterocycles. The standard InChI is InChI=1S/C14H17F3N6/c1-9-10(8-22(2)21-9)11-7-12(14(15,16)17)20-13(19-11)23-5-3-18-4-6-23/h7-8,18H,3-6H2,1-2H3. The van der Waals surface area contributed by atoms with Crippen molar-refractivity contribution in [2.45, 2.75) is 13.1 Å². The number of aromatic nitrogens is 4. The molecule has 9 heteroatoms. The number of anilines is 1. The van der Waals surface area contributed by atoms with Gasteiger partial charge in [0.05, 0.1) is 11.4 Å². The molecule has 2 aromatic rings. The summed E-state index contributed by atoms with van der Waals surface area (Å²) in [4.78, 5) is 9.84. The summed E-state index contributed by atoms with van der Waals surface area (Å²) >= 11 is 0. The van der Waals surface area contributed by atoms with Crippen molar-refractivity contribution in [1.82, 2.24) is 25.1 Å². The van der Waals surface area contributed by atoms with E-state index in [1.807, 2.05) is 0 Å². The maximum Gasteiger partial charge on any atom is 0.433 e. The lowest BCUT2D eigenvalue weighted by Gasteiger charge is -2.28. The molecule has 0 amide bonds. The van der Waals surface area contributed by atoms with Gasteiger partial charge in [0.1, 0.15) is 0 Å². The normalized spacial score (nSPS) is 16.0. The van der Waals surface area contributed by atoms with Gasteiger partial charge < -0.3 is 10.2 Å². The minimum Gasteiger partial charge on any atom is -0.338 e. The van der Waals surface area contributed by atoms with Crippen LogP contribution in [-0.4, -0.2) is 45.9 Å². The van der Waals surface area contributed by atoms with E-state index in [2.05, 4.69) is 20.4 Å². The van der Waals surface area contributed by atoms with Crippen LogP contribution in [0.15, 0.2) is 12.3 Å². The van der Waals surface area contributed by atoms with Crippen molar-refractivity contribution in [2.75, 3.05) is 31.1 Å². The number of aryl methyl sites for hydroxylation is 2. The van der Waals surface area contributed by atoms with Gasteiger partial charge in [0.25, 0.3) is 0 Å². The van der Waals surface area contributed by atoms with Gasteiger partial charge in [0.2, 0.25) is 5.95 Å². The van der Waals surface area contributed by atoms with E-state index in [-0.39, 0.29) is 11.6 Å². The van der Waals surface area contributed by atoms with Crippen LogP contribution in [0.3, 0.4) is 0 Å². The zero-order chi connectivity index (χ0) is 16.6. The second-order valence-electron chi connectivity index (χ2n) is 5.48. The van der Waals surface area contributed by atoms with Crippen LogP contribution >= 0.6 is 0 Å². The molecule has 2 aromatic heterocycles. The monoisotopic (exact) mass is 326 g/mol. The van der Waals surface area contributed by atoms with E-state index in [9.17, 15) is 13.2 Å². The SMILES string of the molecule is Cc1nn(C)cc1-c1cc(C(F)(F)F)nc(N2CCNCC2)n1. The van der Waals surface area contributed by atoms with Gasteiger partial charge in [-0.05, 0) is 13.0 Å². The van der Waals surface area contributed by atoms with Gasteiger partial charge in [-0.1, -0.05) is 0 Å². The van der Waals surface area contributed by atoms with Crippen molar-refractivity contribution in [3.8, 4) is 11.3 Å². The maximum atomic E-state index is 13.2. The molecule has 1 fully saturated rings. The van der Waals surface area contributed by atoms with Crippen LogP contribution in [-0.2, 0) is 13.2 Å². The first-order chi connectivity index (χ1) is 10.8. The smallest absolute Gasteiger partial charge is 0.338 e. The third kappa shape index (κ3) is 3.29. The quantitative estimate of drug-likeness (QED) is 0.909. The van der Waals surface area contributed by atoms with Crippen molar-refractivity contribution in [1.29, 1.82) is 0 Å². The molecule has 1 aliphatic rings. The molecular weight excluding hydrogens is 309 g/mol. The Hall–Kier alpha value is -2.16. The minimum absolute atomic E-state index is 0.111. The first-order valence-corrected chi connectivity index (χ1v) is 7.27. The summed E-state index contributed by atoms with van der Waals surface area (Å²) in [6.07, 6.45) is -2.85. The van der Waals surface area contributed by atoms with Gasteiger partial charge in [0, 0.05) is 45.0 Å². The largest absolute Gasteiger partial charge is 0.433 e. The molecule has 3 rings (SSSR count). The average molecular weight is 326 g/mol. The highest BCUT2D eigenvalue weighted by molar-refractivity contribution is 5.63. The van der Waals surface area contributed by atoms with Crippen molar-refractivity contribution in [3.63, 3.8) is 0 Å². The predicted octanol–water partition coefficient (Wildman–Crippen LogP) is 1.61. The Bertz CT molecular complexity index is 703. The van der Waals surface area contributed by atoms with Gasteiger partial charge in [-0.3, -0.25) is 4.68 Å². The molecule has 6 nitrogen and oxygen atoms in total. The van der Waals surface area contributed by atoms with E-state index in [0.717, 1.165) is 6.07 Å². The fourth-order valence-corrected chi connectivity index (χ4v) is 2.58. The Balaban J connectivity index is 2.09. The second kappa shape index (κ2) is 5.80. The molecule has 124 valence electrons. The summed E-state index contributed by atoms with van der Waals surface area (Å²) in [6.45, 7) is 4.29. The Kier molecular flexibility index (Phi) is 3.97. The lowest BCUT2D eigenvalue weighted by atomic mass is 10.1.